The second-order valence-electron chi connectivity index (χ2n) is 3.77. The highest BCUT2D eigenvalue weighted by Gasteiger charge is 2.16. The molecule has 1 N–H and O–H groups in total. The van der Waals surface area contributed by atoms with Crippen LogP contribution >= 0.6 is 0 Å². The molecule has 0 radical (unpaired) electrons. The summed E-state index contributed by atoms with van der Waals surface area (Å²) in [5.74, 6) is 1.16. The summed E-state index contributed by atoms with van der Waals surface area (Å²) in [6, 6.07) is 3.68. The summed E-state index contributed by atoms with van der Waals surface area (Å²) in [5, 5.41) is 11.4. The highest BCUT2D eigenvalue weighted by Crippen LogP contribution is 2.14. The smallest absolute Gasteiger partial charge is 0.255 e. The zero-order valence-corrected chi connectivity index (χ0v) is 9.83. The molecule has 0 bridgehead atoms. The van der Waals surface area contributed by atoms with Gasteiger partial charge in [-0.1, -0.05) is 6.92 Å². The van der Waals surface area contributed by atoms with Crippen molar-refractivity contribution in [2.45, 2.75) is 39.7 Å². The number of aryl methyl sites for hydroxylation is 2. The molecule has 0 aliphatic carbocycles. The molecule has 1 aromatic rings. The average molecular weight is 220 g/mol. The number of nitrogens with one attached hydrogen (secondary N) is 1. The second kappa shape index (κ2) is 5.36. The molecule has 1 atom stereocenters. The Morgan fingerprint density at radius 1 is 1.62 bits per heavy atom. The predicted octanol–water partition coefficient (Wildman–Crippen LogP) is 2.32. The van der Waals surface area contributed by atoms with Gasteiger partial charge in [-0.2, -0.15) is 5.26 Å². The van der Waals surface area contributed by atoms with E-state index in [-0.39, 0.29) is 11.9 Å². The Balaban J connectivity index is 2.72. The van der Waals surface area contributed by atoms with Gasteiger partial charge in [0.25, 0.3) is 5.91 Å². The van der Waals surface area contributed by atoms with E-state index in [1.54, 1.807) is 19.9 Å². The summed E-state index contributed by atoms with van der Waals surface area (Å²) in [6.45, 7) is 5.50. The van der Waals surface area contributed by atoms with Crippen LogP contribution in [0.5, 0.6) is 0 Å². The molecule has 4 heteroatoms. The molecule has 16 heavy (non-hydrogen) atoms. The lowest BCUT2D eigenvalue weighted by Crippen LogP contribution is -2.34. The average Bonchev–Trinajstić information content (AvgIpc) is 2.57. The van der Waals surface area contributed by atoms with Crippen LogP contribution in [-0.4, -0.2) is 11.9 Å². The second-order valence-corrected chi connectivity index (χ2v) is 3.77. The lowest BCUT2D eigenvalue weighted by molar-refractivity contribution is 0.0935. The summed E-state index contributed by atoms with van der Waals surface area (Å²) >= 11 is 0. The third kappa shape index (κ3) is 2.86. The molecular formula is C12H16N2O2. The molecule has 1 aromatic heterocycles. The number of hydrogen-bond acceptors (Lipinski definition) is 3. The first-order valence-electron chi connectivity index (χ1n) is 5.33. The molecule has 4 nitrogen and oxygen atoms in total. The van der Waals surface area contributed by atoms with Crippen LogP contribution in [0.15, 0.2) is 10.5 Å². The summed E-state index contributed by atoms with van der Waals surface area (Å²) in [6.07, 6.45) is 1.08. The van der Waals surface area contributed by atoms with Crippen molar-refractivity contribution in [3.05, 3.63) is 23.2 Å². The van der Waals surface area contributed by atoms with Gasteiger partial charge in [0.05, 0.1) is 18.1 Å². The number of carbonyl (C=O) groups is 1. The van der Waals surface area contributed by atoms with E-state index in [1.807, 2.05) is 6.92 Å². The molecule has 0 fully saturated rings. The van der Waals surface area contributed by atoms with Gasteiger partial charge < -0.3 is 9.73 Å². The molecule has 0 saturated carbocycles. The van der Waals surface area contributed by atoms with Gasteiger partial charge in [0.15, 0.2) is 0 Å². The van der Waals surface area contributed by atoms with E-state index in [0.29, 0.717) is 17.7 Å². The first kappa shape index (κ1) is 12.3. The van der Waals surface area contributed by atoms with Gasteiger partial charge in [0, 0.05) is 6.04 Å². The maximum absolute atomic E-state index is 11.8. The molecule has 86 valence electrons. The van der Waals surface area contributed by atoms with Gasteiger partial charge in [-0.05, 0) is 26.3 Å². The zero-order valence-electron chi connectivity index (χ0n) is 9.83. The molecule has 1 rings (SSSR count). The number of nitriles is 1. The molecule has 1 heterocycles. The van der Waals surface area contributed by atoms with Crippen molar-refractivity contribution in [3.8, 4) is 6.07 Å². The third-order valence-corrected chi connectivity index (χ3v) is 2.45. The van der Waals surface area contributed by atoms with Gasteiger partial charge in [0.2, 0.25) is 0 Å². The normalized spacial score (nSPS) is 11.9. The Kier molecular flexibility index (Phi) is 4.12. The fourth-order valence-electron chi connectivity index (χ4n) is 1.53. The fraction of sp³-hybridized carbons (Fsp3) is 0.500. The Morgan fingerprint density at radius 2 is 2.31 bits per heavy atom. The van der Waals surface area contributed by atoms with Gasteiger partial charge in [-0.15, -0.1) is 0 Å². The minimum absolute atomic E-state index is 0.0906. The number of furan rings is 1. The number of carbonyl (C=O) groups excluding carboxylic acids is 1. The van der Waals surface area contributed by atoms with Crippen molar-refractivity contribution < 1.29 is 9.21 Å². The van der Waals surface area contributed by atoms with Crippen molar-refractivity contribution in [1.82, 2.24) is 5.32 Å². The van der Waals surface area contributed by atoms with Crippen LogP contribution in [0.4, 0.5) is 0 Å². The molecule has 1 amide bonds. The van der Waals surface area contributed by atoms with E-state index in [4.69, 9.17) is 9.68 Å². The number of hydrogen-bond donors (Lipinski definition) is 1. The zero-order chi connectivity index (χ0) is 12.1. The number of rotatable bonds is 4. The monoisotopic (exact) mass is 220 g/mol. The minimum atomic E-state index is -0.170. The van der Waals surface area contributed by atoms with Crippen LogP contribution in [-0.2, 0) is 0 Å². The first-order chi connectivity index (χ1) is 7.58. The summed E-state index contributed by atoms with van der Waals surface area (Å²) in [4.78, 5) is 11.8. The highest BCUT2D eigenvalue weighted by atomic mass is 16.3. The maximum Gasteiger partial charge on any atom is 0.255 e. The van der Waals surface area contributed by atoms with Crippen LogP contribution in [0, 0.1) is 25.2 Å². The van der Waals surface area contributed by atoms with Crippen LogP contribution in [0.1, 0.15) is 41.6 Å². The Bertz CT molecular complexity index is 415. The standard InChI is InChI=1S/C12H16N2O2/c1-4-10(5-6-13)14-12(15)11-7-8(2)16-9(11)3/h7,10H,4-5H2,1-3H3,(H,14,15). The molecule has 0 aromatic carbocycles. The van der Waals surface area contributed by atoms with E-state index in [9.17, 15) is 4.79 Å². The summed E-state index contributed by atoms with van der Waals surface area (Å²) in [7, 11) is 0. The highest BCUT2D eigenvalue weighted by molar-refractivity contribution is 5.95. The molecule has 0 aliphatic heterocycles. The van der Waals surface area contributed by atoms with Gasteiger partial charge in [0.1, 0.15) is 11.5 Å². The molecule has 1 unspecified atom stereocenters. The van der Waals surface area contributed by atoms with Crippen LogP contribution in [0.25, 0.3) is 0 Å². The minimum Gasteiger partial charge on any atom is -0.466 e. The summed E-state index contributed by atoms with van der Waals surface area (Å²) < 4.78 is 5.28. The SMILES string of the molecule is CCC(CC#N)NC(=O)c1cc(C)oc1C. The van der Waals surface area contributed by atoms with Crippen molar-refractivity contribution in [2.24, 2.45) is 0 Å². The van der Waals surface area contributed by atoms with Crippen molar-refractivity contribution in [2.75, 3.05) is 0 Å². The van der Waals surface area contributed by atoms with Crippen LogP contribution in [0.3, 0.4) is 0 Å². The van der Waals surface area contributed by atoms with Crippen molar-refractivity contribution >= 4 is 5.91 Å². The largest absolute Gasteiger partial charge is 0.466 e. The lowest BCUT2D eigenvalue weighted by atomic mass is 10.1. The fourth-order valence-corrected chi connectivity index (χ4v) is 1.53. The number of nitrogens with zero attached hydrogens (tertiary/aromatic N) is 1. The molecule has 0 spiro atoms. The molecular weight excluding hydrogens is 204 g/mol. The van der Waals surface area contributed by atoms with E-state index in [2.05, 4.69) is 11.4 Å². The predicted molar refractivity (Wildman–Crippen MR) is 60.0 cm³/mol. The van der Waals surface area contributed by atoms with Crippen molar-refractivity contribution in [1.29, 1.82) is 5.26 Å². The topological polar surface area (TPSA) is 66.0 Å². The van der Waals surface area contributed by atoms with Gasteiger partial charge >= 0.3 is 0 Å². The van der Waals surface area contributed by atoms with Crippen LogP contribution in [0.2, 0.25) is 0 Å². The Labute approximate surface area is 95.2 Å². The number of amides is 1. The Hall–Kier alpha value is -1.76. The maximum atomic E-state index is 11.8. The third-order valence-electron chi connectivity index (χ3n) is 2.45. The van der Waals surface area contributed by atoms with Gasteiger partial charge in [-0.3, -0.25) is 4.79 Å². The van der Waals surface area contributed by atoms with E-state index < -0.39 is 0 Å². The molecule has 0 aliphatic rings. The van der Waals surface area contributed by atoms with Gasteiger partial charge in [-0.25, -0.2) is 0 Å². The quantitative estimate of drug-likeness (QED) is 0.846. The van der Waals surface area contributed by atoms with E-state index in [1.165, 1.54) is 0 Å². The lowest BCUT2D eigenvalue weighted by Gasteiger charge is -2.12. The summed E-state index contributed by atoms with van der Waals surface area (Å²) in [5.41, 5.74) is 0.550. The Morgan fingerprint density at radius 3 is 2.75 bits per heavy atom. The van der Waals surface area contributed by atoms with E-state index >= 15 is 0 Å². The molecule has 0 saturated heterocycles. The first-order valence-corrected chi connectivity index (χ1v) is 5.33. The van der Waals surface area contributed by atoms with Crippen molar-refractivity contribution in [3.63, 3.8) is 0 Å². The van der Waals surface area contributed by atoms with E-state index in [0.717, 1.165) is 12.2 Å². The van der Waals surface area contributed by atoms with Crippen LogP contribution < -0.4 is 5.32 Å².